The highest BCUT2D eigenvalue weighted by Crippen LogP contribution is 2.25. The summed E-state index contributed by atoms with van der Waals surface area (Å²) in [5, 5.41) is 15.5. The van der Waals surface area contributed by atoms with E-state index >= 15 is 0 Å². The van der Waals surface area contributed by atoms with Gasteiger partial charge in [0.2, 0.25) is 11.8 Å². The van der Waals surface area contributed by atoms with E-state index in [2.05, 4.69) is 16.7 Å². The molecule has 1 amide bonds. The van der Waals surface area contributed by atoms with E-state index in [9.17, 15) is 4.79 Å². The number of carbonyl (C=O) groups is 1. The quantitative estimate of drug-likeness (QED) is 0.849. The Hall–Kier alpha value is -3.01. The van der Waals surface area contributed by atoms with Crippen molar-refractivity contribution in [1.82, 2.24) is 10.1 Å². The van der Waals surface area contributed by atoms with Gasteiger partial charge in [0.25, 0.3) is 0 Å². The molecule has 0 unspecified atom stereocenters. The highest BCUT2D eigenvalue weighted by Gasteiger charge is 2.24. The van der Waals surface area contributed by atoms with Gasteiger partial charge in [-0.25, -0.2) is 0 Å². The number of nitrogens with zero attached hydrogens (tertiary/aromatic N) is 3. The lowest BCUT2D eigenvalue weighted by Gasteiger charge is -2.08. The van der Waals surface area contributed by atoms with Crippen LogP contribution >= 0.6 is 0 Å². The number of ether oxygens (including phenoxy) is 1. The summed E-state index contributed by atoms with van der Waals surface area (Å²) >= 11 is 0. The molecular formula is C17H18N4O3. The summed E-state index contributed by atoms with van der Waals surface area (Å²) in [6.45, 7) is 1.35. The minimum atomic E-state index is -0.131. The molecule has 0 spiro atoms. The van der Waals surface area contributed by atoms with E-state index < -0.39 is 0 Å². The molecule has 1 aliphatic heterocycles. The van der Waals surface area contributed by atoms with Crippen LogP contribution in [0.3, 0.4) is 0 Å². The minimum absolute atomic E-state index is 0.131. The lowest BCUT2D eigenvalue weighted by Crippen LogP contribution is -2.19. The van der Waals surface area contributed by atoms with Crippen LogP contribution in [0.4, 0.5) is 5.88 Å². The van der Waals surface area contributed by atoms with Gasteiger partial charge in [0.05, 0.1) is 7.11 Å². The van der Waals surface area contributed by atoms with Gasteiger partial charge in [0.1, 0.15) is 11.4 Å². The van der Waals surface area contributed by atoms with Crippen LogP contribution < -0.4 is 10.1 Å². The van der Waals surface area contributed by atoms with Crippen LogP contribution in [0.15, 0.2) is 34.9 Å². The second kappa shape index (κ2) is 7.04. The molecule has 124 valence electrons. The summed E-state index contributed by atoms with van der Waals surface area (Å²) in [5.41, 5.74) is 1.47. The fourth-order valence-corrected chi connectivity index (χ4v) is 2.79. The summed E-state index contributed by atoms with van der Waals surface area (Å²) in [6.07, 6.45) is 3.33. The largest absolute Gasteiger partial charge is 0.497 e. The molecule has 2 heterocycles. The van der Waals surface area contributed by atoms with E-state index in [0.29, 0.717) is 24.5 Å². The fraction of sp³-hybridized carbons (Fsp3) is 0.353. The standard InChI is InChI=1S/C17H18N4O3/c1-23-14-4-2-3-13(8-14)15-9-17(24-20-15)19-16(22)7-12-5-6-21(10-12)11-18/h2-4,8-9,12H,5-7,10H2,1H3,(H,19,22)/t12-/m0/s1. The Kier molecular flexibility index (Phi) is 4.66. The maximum atomic E-state index is 12.1. The van der Waals surface area contributed by atoms with Crippen molar-refractivity contribution >= 4 is 11.8 Å². The highest BCUT2D eigenvalue weighted by molar-refractivity contribution is 5.90. The third kappa shape index (κ3) is 3.66. The number of amides is 1. The molecule has 1 N–H and O–H groups in total. The average Bonchev–Trinajstić information content (AvgIpc) is 3.24. The van der Waals surface area contributed by atoms with Crippen LogP contribution in [-0.4, -0.2) is 36.2 Å². The predicted molar refractivity (Wildman–Crippen MR) is 87.0 cm³/mol. The van der Waals surface area contributed by atoms with Crippen molar-refractivity contribution in [3.8, 4) is 23.2 Å². The number of anilines is 1. The van der Waals surface area contributed by atoms with Gasteiger partial charge in [0, 0.05) is 31.1 Å². The molecule has 0 saturated carbocycles. The van der Waals surface area contributed by atoms with Gasteiger partial charge in [-0.15, -0.1) is 0 Å². The number of methoxy groups -OCH3 is 1. The fourth-order valence-electron chi connectivity index (χ4n) is 2.79. The summed E-state index contributed by atoms with van der Waals surface area (Å²) < 4.78 is 10.4. The van der Waals surface area contributed by atoms with Gasteiger partial charge in [-0.05, 0) is 24.5 Å². The number of nitrogens with one attached hydrogen (secondary N) is 1. The van der Waals surface area contributed by atoms with E-state index in [4.69, 9.17) is 14.5 Å². The first-order valence-corrected chi connectivity index (χ1v) is 7.73. The van der Waals surface area contributed by atoms with Crippen LogP contribution in [0.1, 0.15) is 12.8 Å². The lowest BCUT2D eigenvalue weighted by molar-refractivity contribution is -0.117. The van der Waals surface area contributed by atoms with Gasteiger partial charge in [0.15, 0.2) is 6.19 Å². The SMILES string of the molecule is COc1cccc(-c2cc(NC(=O)C[C@@H]3CCN(C#N)C3)on2)c1. The molecule has 1 saturated heterocycles. The van der Waals surface area contributed by atoms with Crippen molar-refractivity contribution in [3.63, 3.8) is 0 Å². The van der Waals surface area contributed by atoms with Crippen LogP contribution in [0.5, 0.6) is 5.75 Å². The van der Waals surface area contributed by atoms with Gasteiger partial charge in [-0.2, -0.15) is 5.26 Å². The maximum absolute atomic E-state index is 12.1. The number of nitriles is 1. The first-order valence-electron chi connectivity index (χ1n) is 7.73. The Balaban J connectivity index is 1.59. The van der Waals surface area contributed by atoms with Crippen molar-refractivity contribution < 1.29 is 14.1 Å². The summed E-state index contributed by atoms with van der Waals surface area (Å²) in [6, 6.07) is 9.13. The predicted octanol–water partition coefficient (Wildman–Crippen LogP) is 2.48. The Bertz CT molecular complexity index is 765. The summed E-state index contributed by atoms with van der Waals surface area (Å²) in [5.74, 6) is 1.11. The number of benzene rings is 1. The van der Waals surface area contributed by atoms with Crippen molar-refractivity contribution in [3.05, 3.63) is 30.3 Å². The van der Waals surface area contributed by atoms with Crippen molar-refractivity contribution in [2.24, 2.45) is 5.92 Å². The minimum Gasteiger partial charge on any atom is -0.497 e. The molecule has 1 fully saturated rings. The number of carbonyl (C=O) groups excluding carboxylic acids is 1. The van der Waals surface area contributed by atoms with Crippen molar-refractivity contribution in [2.75, 3.05) is 25.5 Å². The van der Waals surface area contributed by atoms with Gasteiger partial charge >= 0.3 is 0 Å². The molecule has 0 radical (unpaired) electrons. The van der Waals surface area contributed by atoms with E-state index in [1.54, 1.807) is 18.1 Å². The third-order valence-corrected chi connectivity index (χ3v) is 4.04. The van der Waals surface area contributed by atoms with Crippen molar-refractivity contribution in [1.29, 1.82) is 5.26 Å². The monoisotopic (exact) mass is 326 g/mol. The molecule has 1 aromatic heterocycles. The number of rotatable bonds is 5. The van der Waals surface area contributed by atoms with Crippen LogP contribution in [0.25, 0.3) is 11.3 Å². The molecule has 0 bridgehead atoms. The number of aromatic nitrogens is 1. The molecule has 7 heteroatoms. The molecule has 0 aliphatic carbocycles. The normalized spacial score (nSPS) is 16.7. The molecule has 1 aromatic carbocycles. The first-order chi connectivity index (χ1) is 11.7. The zero-order chi connectivity index (χ0) is 16.9. The Morgan fingerprint density at radius 3 is 3.17 bits per heavy atom. The number of hydrogen-bond acceptors (Lipinski definition) is 6. The van der Waals surface area contributed by atoms with Crippen LogP contribution in [0.2, 0.25) is 0 Å². The van der Waals surface area contributed by atoms with Crippen LogP contribution in [-0.2, 0) is 4.79 Å². The Morgan fingerprint density at radius 1 is 1.54 bits per heavy atom. The Labute approximate surface area is 139 Å². The Morgan fingerprint density at radius 2 is 2.42 bits per heavy atom. The van der Waals surface area contributed by atoms with Crippen molar-refractivity contribution in [2.45, 2.75) is 12.8 Å². The summed E-state index contributed by atoms with van der Waals surface area (Å²) in [7, 11) is 1.60. The maximum Gasteiger partial charge on any atom is 0.231 e. The smallest absolute Gasteiger partial charge is 0.231 e. The molecular weight excluding hydrogens is 308 g/mol. The van der Waals surface area contributed by atoms with E-state index in [1.165, 1.54) is 0 Å². The molecule has 1 aliphatic rings. The average molecular weight is 326 g/mol. The first kappa shape index (κ1) is 15.9. The van der Waals surface area contributed by atoms with Gasteiger partial charge < -0.3 is 14.2 Å². The second-order valence-electron chi connectivity index (χ2n) is 5.76. The highest BCUT2D eigenvalue weighted by atomic mass is 16.5. The lowest BCUT2D eigenvalue weighted by atomic mass is 10.0. The van der Waals surface area contributed by atoms with Gasteiger partial charge in [-0.1, -0.05) is 17.3 Å². The molecule has 1 atom stereocenters. The molecule has 2 aromatic rings. The topological polar surface area (TPSA) is 91.4 Å². The van der Waals surface area contributed by atoms with E-state index in [1.807, 2.05) is 24.3 Å². The zero-order valence-corrected chi connectivity index (χ0v) is 13.4. The second-order valence-corrected chi connectivity index (χ2v) is 5.76. The third-order valence-electron chi connectivity index (χ3n) is 4.04. The summed E-state index contributed by atoms with van der Waals surface area (Å²) in [4.78, 5) is 13.8. The zero-order valence-electron chi connectivity index (χ0n) is 13.4. The molecule has 3 rings (SSSR count). The van der Waals surface area contributed by atoms with E-state index in [-0.39, 0.29) is 11.8 Å². The molecule has 7 nitrogen and oxygen atoms in total. The number of likely N-dealkylation sites (tertiary alicyclic amines) is 1. The van der Waals surface area contributed by atoms with E-state index in [0.717, 1.165) is 24.3 Å². The number of hydrogen-bond donors (Lipinski definition) is 1. The van der Waals surface area contributed by atoms with Crippen LogP contribution in [0, 0.1) is 17.4 Å². The van der Waals surface area contributed by atoms with Gasteiger partial charge in [-0.3, -0.25) is 10.1 Å². The molecule has 24 heavy (non-hydrogen) atoms.